The Morgan fingerprint density at radius 2 is 1.85 bits per heavy atom. The Kier molecular flexibility index (Phi) is 6.31. The normalized spacial score (nSPS) is 25.1. The molecule has 2 saturated heterocycles. The Morgan fingerprint density at radius 3 is 2.44 bits per heavy atom. The molecule has 3 rings (SSSR count). The monoisotopic (exact) mass is 408 g/mol. The van der Waals surface area contributed by atoms with E-state index < -0.39 is 9.84 Å². The maximum atomic E-state index is 12.3. The summed E-state index contributed by atoms with van der Waals surface area (Å²) < 4.78 is 24.5. The summed E-state index contributed by atoms with van der Waals surface area (Å²) in [7, 11) is -3.05. The summed E-state index contributed by atoms with van der Waals surface area (Å²) in [6.07, 6.45) is 3.93. The van der Waals surface area contributed by atoms with Crippen molar-refractivity contribution in [2.24, 2.45) is 4.99 Å². The van der Waals surface area contributed by atoms with Crippen LogP contribution in [0.15, 0.2) is 23.2 Å². The lowest BCUT2D eigenvalue weighted by Crippen LogP contribution is -2.39. The number of para-hydroxylation sites is 1. The van der Waals surface area contributed by atoms with E-state index in [1.807, 2.05) is 0 Å². The van der Waals surface area contributed by atoms with Crippen molar-refractivity contribution < 1.29 is 13.2 Å². The van der Waals surface area contributed by atoms with Crippen molar-refractivity contribution in [3.05, 3.63) is 29.3 Å². The number of carbonyl (C=O) groups is 1. The number of hydrogen-bond acceptors (Lipinski definition) is 4. The van der Waals surface area contributed by atoms with Gasteiger partial charge in [0.1, 0.15) is 0 Å². The van der Waals surface area contributed by atoms with Crippen LogP contribution in [0, 0.1) is 0 Å². The number of nitrogens with zero attached hydrogens (tertiary/aromatic N) is 2. The van der Waals surface area contributed by atoms with Gasteiger partial charge < -0.3 is 4.90 Å². The van der Waals surface area contributed by atoms with E-state index in [0.29, 0.717) is 11.6 Å². The van der Waals surface area contributed by atoms with E-state index in [-0.39, 0.29) is 28.7 Å². The third-order valence-electron chi connectivity index (χ3n) is 5.24. The molecular weight excluding hydrogens is 380 g/mol. The highest BCUT2D eigenvalue weighted by Crippen LogP contribution is 2.43. The van der Waals surface area contributed by atoms with Crippen molar-refractivity contribution in [1.82, 2.24) is 0 Å². The number of hydrogen-bond donors (Lipinski definition) is 0. The molecule has 7 heteroatoms. The van der Waals surface area contributed by atoms with Crippen LogP contribution in [0.25, 0.3) is 0 Å². The van der Waals surface area contributed by atoms with Crippen molar-refractivity contribution in [3.63, 3.8) is 0 Å². The summed E-state index contributed by atoms with van der Waals surface area (Å²) in [5, 5.41) is 0.624. The zero-order valence-electron chi connectivity index (χ0n) is 16.3. The molecule has 0 N–H and O–H groups in total. The maximum Gasteiger partial charge on any atom is 0.248 e. The van der Waals surface area contributed by atoms with Gasteiger partial charge in [-0.1, -0.05) is 57.2 Å². The largest absolute Gasteiger partial charge is 0.315 e. The second-order valence-corrected chi connectivity index (χ2v) is 10.6. The second-order valence-electron chi connectivity index (χ2n) is 7.19. The van der Waals surface area contributed by atoms with Gasteiger partial charge in [-0.15, -0.1) is 0 Å². The molecule has 1 amide bonds. The molecule has 2 heterocycles. The number of amides is 1. The van der Waals surface area contributed by atoms with E-state index in [1.165, 1.54) is 22.9 Å². The van der Waals surface area contributed by atoms with Crippen LogP contribution in [0.3, 0.4) is 0 Å². The molecule has 2 aliphatic rings. The number of aryl methyl sites for hydroxylation is 2. The molecule has 2 aliphatic heterocycles. The van der Waals surface area contributed by atoms with Gasteiger partial charge in [0.05, 0.1) is 17.5 Å². The molecule has 148 valence electrons. The van der Waals surface area contributed by atoms with Crippen LogP contribution in [0.2, 0.25) is 0 Å². The molecule has 1 aromatic carbocycles. The molecule has 0 radical (unpaired) electrons. The van der Waals surface area contributed by atoms with E-state index in [2.05, 4.69) is 48.9 Å². The molecule has 2 fully saturated rings. The van der Waals surface area contributed by atoms with Crippen LogP contribution in [-0.4, -0.2) is 42.3 Å². The van der Waals surface area contributed by atoms with E-state index in [9.17, 15) is 13.2 Å². The lowest BCUT2D eigenvalue weighted by molar-refractivity contribution is -0.117. The van der Waals surface area contributed by atoms with Crippen molar-refractivity contribution in [3.8, 4) is 0 Å². The van der Waals surface area contributed by atoms with Gasteiger partial charge in [-0.25, -0.2) is 8.42 Å². The minimum atomic E-state index is -3.05. The summed E-state index contributed by atoms with van der Waals surface area (Å²) in [5.41, 5.74) is 3.41. The fourth-order valence-electron chi connectivity index (χ4n) is 3.84. The third kappa shape index (κ3) is 4.24. The van der Waals surface area contributed by atoms with Gasteiger partial charge in [0.25, 0.3) is 0 Å². The van der Waals surface area contributed by atoms with E-state index in [1.54, 1.807) is 0 Å². The van der Waals surface area contributed by atoms with Crippen molar-refractivity contribution >= 4 is 38.4 Å². The minimum Gasteiger partial charge on any atom is -0.315 e. The number of unbranched alkanes of at least 4 members (excludes halogenated alkanes) is 1. The van der Waals surface area contributed by atoms with E-state index >= 15 is 0 Å². The van der Waals surface area contributed by atoms with Gasteiger partial charge >= 0.3 is 0 Å². The fraction of sp³-hybridized carbons (Fsp3) is 0.600. The first-order valence-electron chi connectivity index (χ1n) is 9.78. The van der Waals surface area contributed by atoms with Gasteiger partial charge in [-0.2, -0.15) is 4.99 Å². The Hall–Kier alpha value is -1.34. The van der Waals surface area contributed by atoms with Crippen molar-refractivity contribution in [2.75, 3.05) is 16.4 Å². The van der Waals surface area contributed by atoms with Gasteiger partial charge in [-0.05, 0) is 30.4 Å². The maximum absolute atomic E-state index is 12.3. The molecule has 27 heavy (non-hydrogen) atoms. The molecule has 5 nitrogen and oxygen atoms in total. The van der Waals surface area contributed by atoms with Crippen molar-refractivity contribution in [1.29, 1.82) is 0 Å². The smallest absolute Gasteiger partial charge is 0.248 e. The number of sulfone groups is 1. The predicted molar refractivity (Wildman–Crippen MR) is 113 cm³/mol. The summed E-state index contributed by atoms with van der Waals surface area (Å²) in [6, 6.07) is 6.09. The van der Waals surface area contributed by atoms with E-state index in [4.69, 9.17) is 0 Å². The van der Waals surface area contributed by atoms with Crippen LogP contribution in [-0.2, 0) is 27.5 Å². The van der Waals surface area contributed by atoms with Crippen LogP contribution in [0.1, 0.15) is 51.2 Å². The predicted octanol–water partition coefficient (Wildman–Crippen LogP) is 3.60. The Labute approximate surface area is 166 Å². The number of thioether (sulfide) groups is 1. The van der Waals surface area contributed by atoms with Crippen LogP contribution in [0.4, 0.5) is 5.69 Å². The van der Waals surface area contributed by atoms with Crippen molar-refractivity contribution in [2.45, 2.75) is 64.2 Å². The molecule has 0 saturated carbocycles. The fourth-order valence-corrected chi connectivity index (χ4v) is 7.76. The van der Waals surface area contributed by atoms with Crippen LogP contribution in [0.5, 0.6) is 0 Å². The molecule has 0 aliphatic carbocycles. The lowest BCUT2D eigenvalue weighted by atomic mass is 10.0. The van der Waals surface area contributed by atoms with Gasteiger partial charge in [0, 0.05) is 17.4 Å². The van der Waals surface area contributed by atoms with Crippen LogP contribution >= 0.6 is 11.8 Å². The highest BCUT2D eigenvalue weighted by molar-refractivity contribution is 8.16. The average Bonchev–Trinajstić information content (AvgIpc) is 3.09. The Balaban J connectivity index is 2.07. The molecular formula is C20H28N2O3S2. The molecule has 0 spiro atoms. The average molecular weight is 409 g/mol. The standard InChI is InChI=1S/C20H28N2O3S2/c1-4-7-11-18(23)21-20-22(16-12-27(24,25)13-17(16)26-20)19-14(5-2)9-8-10-15(19)6-3/h8-10,16-17H,4-7,11-13H2,1-3H3/t16-,17-/m1/s1. The third-order valence-corrected chi connectivity index (χ3v) is 8.45. The number of anilines is 1. The highest BCUT2D eigenvalue weighted by Gasteiger charge is 2.50. The number of carbonyl (C=O) groups excluding carboxylic acids is 1. The molecule has 1 aromatic rings. The van der Waals surface area contributed by atoms with Gasteiger partial charge in [-0.3, -0.25) is 4.79 Å². The number of benzene rings is 1. The first-order valence-corrected chi connectivity index (χ1v) is 12.5. The van der Waals surface area contributed by atoms with Gasteiger partial charge in [0.15, 0.2) is 15.0 Å². The Bertz CT molecular complexity index is 827. The number of fused-ring (bicyclic) bond motifs is 1. The number of aliphatic imine (C=N–C) groups is 1. The molecule has 0 bridgehead atoms. The summed E-state index contributed by atoms with van der Waals surface area (Å²) in [5.74, 6) is 0.185. The summed E-state index contributed by atoms with van der Waals surface area (Å²) in [6.45, 7) is 6.26. The SMILES string of the molecule is CCCCC(=O)N=C1S[C@@H]2CS(=O)(=O)C[C@H]2N1c1c(CC)cccc1CC. The highest BCUT2D eigenvalue weighted by atomic mass is 32.2. The first kappa shape index (κ1) is 20.4. The van der Waals surface area contributed by atoms with Gasteiger partial charge in [0.2, 0.25) is 5.91 Å². The summed E-state index contributed by atoms with van der Waals surface area (Å²) >= 11 is 1.46. The summed E-state index contributed by atoms with van der Waals surface area (Å²) in [4.78, 5) is 18.8. The van der Waals surface area contributed by atoms with Crippen LogP contribution < -0.4 is 4.90 Å². The number of amidine groups is 1. The first-order chi connectivity index (χ1) is 12.9. The molecule has 2 atom stereocenters. The minimum absolute atomic E-state index is 0.0534. The number of rotatable bonds is 6. The topological polar surface area (TPSA) is 66.8 Å². The molecule has 0 aromatic heterocycles. The quantitative estimate of drug-likeness (QED) is 0.719. The Morgan fingerprint density at radius 1 is 1.19 bits per heavy atom. The lowest BCUT2D eigenvalue weighted by Gasteiger charge is -2.29. The van der Waals surface area contributed by atoms with E-state index in [0.717, 1.165) is 31.4 Å². The zero-order chi connectivity index (χ0) is 19.6. The zero-order valence-corrected chi connectivity index (χ0v) is 17.9. The second kappa shape index (κ2) is 8.35. The molecule has 0 unspecified atom stereocenters.